The average Bonchev–Trinajstić information content (AvgIpc) is 3.38. The van der Waals surface area contributed by atoms with Crippen LogP contribution in [0.25, 0.3) is 10.6 Å². The van der Waals surface area contributed by atoms with Crippen LogP contribution >= 0.6 is 0 Å². The zero-order valence-electron chi connectivity index (χ0n) is 57.3. The Labute approximate surface area is 519 Å². The number of ether oxygens (including phenoxy) is 2. The van der Waals surface area contributed by atoms with E-state index in [0.717, 1.165) is 52.1 Å². The third-order valence-electron chi connectivity index (χ3n) is 15.2. The number of unbranched alkanes of at least 4 members (excludes halogenated alkanes) is 2. The Hall–Kier alpha value is -3.07. The summed E-state index contributed by atoms with van der Waals surface area (Å²) >= 11 is 0. The maximum absolute atomic E-state index is 5.62. The Kier molecular flexibility index (Phi) is 39.7. The molecular weight excluding hydrogens is 967 g/mol. The molecular formula is C72H120Li2N4O2+2. The van der Waals surface area contributed by atoms with Crippen molar-refractivity contribution in [1.82, 2.24) is 0 Å². The minimum Gasteiger partial charge on any atom is -0.671 e. The Bertz CT molecular complexity index is 2110. The van der Waals surface area contributed by atoms with Gasteiger partial charge < -0.3 is 20.1 Å². The maximum atomic E-state index is 5.62. The largest absolute Gasteiger partial charge is 1.00 e. The van der Waals surface area contributed by atoms with E-state index in [1.165, 1.54) is 91.5 Å². The van der Waals surface area contributed by atoms with Crippen molar-refractivity contribution in [3.8, 4) is 0 Å². The molecule has 0 saturated heterocycles. The fourth-order valence-corrected chi connectivity index (χ4v) is 9.92. The van der Waals surface area contributed by atoms with Crippen molar-refractivity contribution in [1.29, 1.82) is 0 Å². The zero-order valence-corrected chi connectivity index (χ0v) is 57.3. The van der Waals surface area contributed by atoms with Crippen LogP contribution in [0.15, 0.2) is 72.8 Å². The predicted molar refractivity (Wildman–Crippen MR) is 347 cm³/mol. The topological polar surface area (TPSA) is 74.6 Å². The predicted octanol–water partition coefficient (Wildman–Crippen LogP) is 14.1. The van der Waals surface area contributed by atoms with Crippen molar-refractivity contribution in [2.45, 2.75) is 277 Å². The fourth-order valence-electron chi connectivity index (χ4n) is 9.92. The Morgan fingerprint density at radius 3 is 0.738 bits per heavy atom. The molecule has 0 unspecified atom stereocenters. The van der Waals surface area contributed by atoms with E-state index in [1.807, 2.05) is 27.7 Å². The van der Waals surface area contributed by atoms with Gasteiger partial charge in [-0.05, 0) is 86.1 Å². The van der Waals surface area contributed by atoms with E-state index in [4.69, 9.17) is 20.1 Å². The molecule has 0 aliphatic rings. The first kappa shape index (κ1) is 79.0. The van der Waals surface area contributed by atoms with E-state index >= 15 is 0 Å². The van der Waals surface area contributed by atoms with Crippen LogP contribution in [-0.2, 0) is 9.47 Å². The standard InChI is InChI=1S/2C32H49N2.2C4H10O.2Li/c2*1-12-13-20-32(11,34-31-28(23(6)7)18-15-19-29(31)24(8)9)25(10)33-30-26(21(2)3)16-14-17-27(30)22(4)5;2*1-3-5-4-2;;/h2*14-19,21-24H,12-13,20H2,1-11H3;2*3-4H2,1-2H3;;/q2*-1;;;2*+1/p+2/t2*32-;;;;/m10..../s1. The normalized spacial score (nSPS) is 13.3. The first-order chi connectivity index (χ1) is 36.7. The first-order valence-electron chi connectivity index (χ1n) is 31.0. The summed E-state index contributed by atoms with van der Waals surface area (Å²) in [7, 11) is 0. The van der Waals surface area contributed by atoms with E-state index in [-0.39, 0.29) is 48.8 Å². The Balaban J connectivity index is 0. The second kappa shape index (κ2) is 40.2. The molecule has 0 heterocycles. The van der Waals surface area contributed by atoms with Crippen LogP contribution < -0.4 is 47.7 Å². The van der Waals surface area contributed by atoms with E-state index < -0.39 is 0 Å². The molecule has 0 radical (unpaired) electrons. The molecule has 0 aromatic heterocycles. The first-order valence-corrected chi connectivity index (χ1v) is 31.0. The van der Waals surface area contributed by atoms with E-state index in [0.29, 0.717) is 47.3 Å². The molecule has 4 aromatic rings. The molecule has 80 heavy (non-hydrogen) atoms. The van der Waals surface area contributed by atoms with Crippen LogP contribution in [0, 0.1) is 0 Å². The van der Waals surface area contributed by atoms with Crippen molar-refractivity contribution >= 4 is 34.2 Å². The van der Waals surface area contributed by atoms with Crippen LogP contribution in [-0.4, -0.2) is 48.9 Å². The third-order valence-corrected chi connectivity index (χ3v) is 15.2. The van der Waals surface area contributed by atoms with Crippen LogP contribution in [0.1, 0.15) is 310 Å². The van der Waals surface area contributed by atoms with Crippen molar-refractivity contribution in [3.05, 3.63) is 128 Å². The molecule has 0 bridgehead atoms. The Morgan fingerprint density at radius 1 is 0.375 bits per heavy atom. The quantitative estimate of drug-likeness (QED) is 0.0486. The summed E-state index contributed by atoms with van der Waals surface area (Å²) in [4.78, 5) is 7.86. The van der Waals surface area contributed by atoms with Gasteiger partial charge in [-0.3, -0.25) is 0 Å². The average molecular weight is 1090 g/mol. The van der Waals surface area contributed by atoms with Gasteiger partial charge in [0.2, 0.25) is 11.4 Å². The maximum Gasteiger partial charge on any atom is 1.00 e. The molecule has 0 saturated carbocycles. The number of benzene rings is 4. The molecule has 2 N–H and O–H groups in total. The molecule has 0 amide bonds. The van der Waals surface area contributed by atoms with Crippen LogP contribution in [0.4, 0.5) is 22.7 Å². The summed E-state index contributed by atoms with van der Waals surface area (Å²) in [6.07, 6.45) is 6.72. The van der Waals surface area contributed by atoms with E-state index in [9.17, 15) is 0 Å². The number of nitrogens with one attached hydrogen (secondary N) is 2. The number of nitrogens with zero attached hydrogens (tertiary/aromatic N) is 2. The van der Waals surface area contributed by atoms with Gasteiger partial charge in [0, 0.05) is 62.5 Å². The van der Waals surface area contributed by atoms with E-state index in [2.05, 4.69) is 235 Å². The second-order valence-electron chi connectivity index (χ2n) is 24.5. The van der Waals surface area contributed by atoms with Gasteiger partial charge in [0.25, 0.3) is 0 Å². The van der Waals surface area contributed by atoms with Crippen molar-refractivity contribution < 1.29 is 57.2 Å². The Morgan fingerprint density at radius 2 is 0.575 bits per heavy atom. The molecule has 4 aromatic carbocycles. The molecule has 0 fully saturated rings. The van der Waals surface area contributed by atoms with Gasteiger partial charge in [0.15, 0.2) is 0 Å². The molecule has 440 valence electrons. The summed E-state index contributed by atoms with van der Waals surface area (Å²) in [5.74, 6) is 3.60. The molecule has 8 heteroatoms. The minimum atomic E-state index is -0.289. The van der Waals surface area contributed by atoms with Gasteiger partial charge in [0.1, 0.15) is 11.4 Å². The SMILES string of the molecule is CCCC[C@@](C)([N-]c1c(C(C)C)cccc1C(C)C)C(C)=[NH+]c1c(C(C)C)cccc1C(C)C.CCCC[C@](C)([N-]c1c(C(C)C)cccc1C(C)C)C(C)=[NH+]c1c(C(C)C)cccc1C(C)C.CCOCC.CCOCC.[Li+].[Li+]. The monoisotopic (exact) mass is 1090 g/mol. The summed E-state index contributed by atoms with van der Waals surface area (Å²) in [5.41, 5.74) is 17.8. The second-order valence-corrected chi connectivity index (χ2v) is 24.5. The van der Waals surface area contributed by atoms with Gasteiger partial charge in [-0.1, -0.05) is 272 Å². The number of hydrogen-bond donors (Lipinski definition) is 2. The summed E-state index contributed by atoms with van der Waals surface area (Å²) < 4.78 is 9.67. The van der Waals surface area contributed by atoms with Gasteiger partial charge in [-0.2, -0.15) is 0 Å². The van der Waals surface area contributed by atoms with Gasteiger partial charge >= 0.3 is 37.7 Å². The van der Waals surface area contributed by atoms with Gasteiger partial charge in [-0.15, -0.1) is 11.4 Å². The van der Waals surface area contributed by atoms with E-state index in [1.54, 1.807) is 0 Å². The van der Waals surface area contributed by atoms with Crippen molar-refractivity contribution in [3.63, 3.8) is 0 Å². The molecule has 0 spiro atoms. The zero-order chi connectivity index (χ0) is 59.5. The number of hydrogen-bond acceptors (Lipinski definition) is 2. The molecule has 0 aliphatic heterocycles. The van der Waals surface area contributed by atoms with Crippen LogP contribution in [0.2, 0.25) is 0 Å². The molecule has 6 nitrogen and oxygen atoms in total. The minimum absolute atomic E-state index is 0. The molecule has 0 aliphatic carbocycles. The number of rotatable bonds is 26. The van der Waals surface area contributed by atoms with Crippen molar-refractivity contribution in [2.24, 2.45) is 0 Å². The van der Waals surface area contributed by atoms with Gasteiger partial charge in [-0.25, -0.2) is 9.98 Å². The van der Waals surface area contributed by atoms with Gasteiger partial charge in [0.05, 0.1) is 0 Å². The summed E-state index contributed by atoms with van der Waals surface area (Å²) in [6.45, 7) is 61.6. The summed E-state index contributed by atoms with van der Waals surface area (Å²) in [5, 5.41) is 11.2. The smallest absolute Gasteiger partial charge is 0.671 e. The number of para-hydroxylation sites is 4. The summed E-state index contributed by atoms with van der Waals surface area (Å²) in [6, 6.07) is 27.0. The van der Waals surface area contributed by atoms with Crippen LogP contribution in [0.3, 0.4) is 0 Å². The molecule has 4 rings (SSSR count). The molecule has 2 atom stereocenters. The van der Waals surface area contributed by atoms with Crippen molar-refractivity contribution in [2.75, 3.05) is 26.4 Å². The fraction of sp³-hybridized carbons (Fsp3) is 0.639. The van der Waals surface area contributed by atoms with Crippen LogP contribution in [0.5, 0.6) is 0 Å². The third kappa shape index (κ3) is 24.6.